The molecule has 4 aliphatic heterocycles. The van der Waals surface area contributed by atoms with Crippen molar-refractivity contribution in [3.63, 3.8) is 0 Å². The zero-order valence-electron chi connectivity index (χ0n) is 23.6. The van der Waals surface area contributed by atoms with Crippen LogP contribution in [0.4, 0.5) is 0 Å². The Morgan fingerprint density at radius 1 is 1.02 bits per heavy atom. The molecule has 4 heterocycles. The maximum absolute atomic E-state index is 12.7. The quantitative estimate of drug-likeness (QED) is 0.160. The molecule has 226 valence electrons. The molecule has 4 saturated heterocycles. The van der Waals surface area contributed by atoms with Crippen LogP contribution in [0.1, 0.15) is 79.1 Å². The Balaban J connectivity index is 1.22. The summed E-state index contributed by atoms with van der Waals surface area (Å²) in [7, 11) is 0. The van der Waals surface area contributed by atoms with Crippen LogP contribution in [0.15, 0.2) is 0 Å². The molecule has 9 unspecified atom stereocenters. The van der Waals surface area contributed by atoms with Crippen LogP contribution < -0.4 is 10.6 Å². The lowest BCUT2D eigenvalue weighted by Gasteiger charge is -2.59. The Bertz CT molecular complexity index is 976. The molecule has 13 nitrogen and oxygen atoms in total. The first-order valence-corrected chi connectivity index (χ1v) is 14.2. The summed E-state index contributed by atoms with van der Waals surface area (Å²) < 4.78 is 18.2. The number of fused-ring (bicyclic) bond motifs is 2. The number of carbonyl (C=O) groups is 4. The number of aliphatic carboxylic acids is 1. The SMILES string of the molecule is CC(O)C(NC(=O)CCCNC(=O)CCC(=O)OC1O[C@H]2OC3(C)CCC4C(C)CCC(C1C)C42OO3)C(=O)O. The van der Waals surface area contributed by atoms with Gasteiger partial charge in [0.25, 0.3) is 0 Å². The fourth-order valence-corrected chi connectivity index (χ4v) is 6.61. The van der Waals surface area contributed by atoms with Gasteiger partial charge in [-0.25, -0.2) is 14.6 Å². The Hall–Kier alpha value is -2.32. The van der Waals surface area contributed by atoms with Crippen LogP contribution in [0.5, 0.6) is 0 Å². The predicted octanol–water partition coefficient (Wildman–Crippen LogP) is 1.36. The predicted molar refractivity (Wildman–Crippen MR) is 136 cm³/mol. The second kappa shape index (κ2) is 12.3. The van der Waals surface area contributed by atoms with Crippen LogP contribution in [0.3, 0.4) is 0 Å². The Morgan fingerprint density at radius 3 is 2.48 bits per heavy atom. The largest absolute Gasteiger partial charge is 0.480 e. The van der Waals surface area contributed by atoms with Gasteiger partial charge in [-0.2, -0.15) is 0 Å². The number of hydrogen-bond donors (Lipinski definition) is 4. The molecule has 13 heteroatoms. The van der Waals surface area contributed by atoms with Gasteiger partial charge in [0.15, 0.2) is 17.9 Å². The first-order chi connectivity index (χ1) is 18.9. The standard InChI is InChI=1S/C27H42N2O11/c1-14-7-8-18-15(2)24(37-25-27(18)17(14)11-12-26(4,38-25)39-40-27)36-21(33)10-9-19(31)28-13-5-6-20(32)29-22(16(3)30)23(34)35/h14-18,22,24-25,30H,5-13H2,1-4H3,(H,28,31)(H,29,32)(H,34,35)/t14?,15?,16?,17?,18?,22?,24?,25-,26?,27?/m0/s1. The van der Waals surface area contributed by atoms with E-state index in [0.29, 0.717) is 12.3 Å². The first-order valence-electron chi connectivity index (χ1n) is 14.2. The summed E-state index contributed by atoms with van der Waals surface area (Å²) >= 11 is 0. The van der Waals surface area contributed by atoms with Crippen molar-refractivity contribution in [1.82, 2.24) is 10.6 Å². The lowest BCUT2D eigenvalue weighted by Crippen LogP contribution is -2.70. The zero-order chi connectivity index (χ0) is 29.2. The second-order valence-corrected chi connectivity index (χ2v) is 11.8. The fourth-order valence-electron chi connectivity index (χ4n) is 6.61. The van der Waals surface area contributed by atoms with E-state index in [1.54, 1.807) is 0 Å². The van der Waals surface area contributed by atoms with E-state index in [1.165, 1.54) is 6.92 Å². The minimum Gasteiger partial charge on any atom is -0.480 e. The van der Waals surface area contributed by atoms with Crippen molar-refractivity contribution in [2.24, 2.45) is 23.7 Å². The topological polar surface area (TPSA) is 179 Å². The summed E-state index contributed by atoms with van der Waals surface area (Å²) in [6, 6.07) is -1.40. The summed E-state index contributed by atoms with van der Waals surface area (Å²) in [4.78, 5) is 59.7. The molecule has 0 aromatic carbocycles. The van der Waals surface area contributed by atoms with Crippen molar-refractivity contribution >= 4 is 23.8 Å². The first kappa shape index (κ1) is 30.6. The molecule has 1 spiro atoms. The minimum atomic E-state index is -1.40. The molecule has 10 atom stereocenters. The number of carboxylic acid groups (broad SMARTS) is 1. The Morgan fingerprint density at radius 2 is 1.77 bits per heavy atom. The van der Waals surface area contributed by atoms with Gasteiger partial charge < -0.3 is 35.1 Å². The van der Waals surface area contributed by atoms with Crippen molar-refractivity contribution < 1.29 is 53.4 Å². The van der Waals surface area contributed by atoms with E-state index in [9.17, 15) is 24.3 Å². The molecular weight excluding hydrogens is 528 g/mol. The number of ether oxygens (including phenoxy) is 3. The van der Waals surface area contributed by atoms with Crippen LogP contribution in [0, 0.1) is 23.7 Å². The van der Waals surface area contributed by atoms with E-state index in [-0.39, 0.29) is 55.9 Å². The lowest BCUT2D eigenvalue weighted by atomic mass is 9.58. The van der Waals surface area contributed by atoms with E-state index in [4.69, 9.17) is 29.1 Å². The second-order valence-electron chi connectivity index (χ2n) is 11.8. The van der Waals surface area contributed by atoms with Crippen molar-refractivity contribution in [3.05, 3.63) is 0 Å². The van der Waals surface area contributed by atoms with Crippen molar-refractivity contribution in [2.75, 3.05) is 6.54 Å². The van der Waals surface area contributed by atoms with E-state index >= 15 is 0 Å². The van der Waals surface area contributed by atoms with Gasteiger partial charge in [0, 0.05) is 37.6 Å². The highest BCUT2D eigenvalue weighted by molar-refractivity contribution is 5.84. The van der Waals surface area contributed by atoms with Gasteiger partial charge in [0.1, 0.15) is 0 Å². The molecule has 0 radical (unpaired) electrons. The Kier molecular flexibility index (Phi) is 9.40. The number of carboxylic acids is 1. The highest BCUT2D eigenvalue weighted by Gasteiger charge is 2.69. The molecule has 5 fully saturated rings. The van der Waals surface area contributed by atoms with Gasteiger partial charge in [0.05, 0.1) is 12.5 Å². The molecule has 5 rings (SSSR count). The summed E-state index contributed by atoms with van der Waals surface area (Å²) in [6.07, 6.45) is 0.639. The van der Waals surface area contributed by atoms with Crippen LogP contribution in [-0.4, -0.2) is 76.6 Å². The monoisotopic (exact) mass is 570 g/mol. The average molecular weight is 571 g/mol. The average Bonchev–Trinajstić information content (AvgIpc) is 3.12. The number of rotatable bonds is 11. The number of aliphatic hydroxyl groups excluding tert-OH is 1. The molecule has 5 aliphatic rings. The Labute approximate surface area is 233 Å². The lowest BCUT2D eigenvalue weighted by molar-refractivity contribution is -0.576. The third-order valence-corrected chi connectivity index (χ3v) is 8.87. The summed E-state index contributed by atoms with van der Waals surface area (Å²) in [6.45, 7) is 7.46. The fraction of sp³-hybridized carbons (Fsp3) is 0.852. The molecule has 4 N–H and O–H groups in total. The molecule has 2 amide bonds. The number of esters is 1. The van der Waals surface area contributed by atoms with Crippen LogP contribution in [-0.2, 0) is 43.2 Å². The summed E-state index contributed by atoms with van der Waals surface area (Å²) in [5.74, 6) is -3.30. The third kappa shape index (κ3) is 6.28. The summed E-state index contributed by atoms with van der Waals surface area (Å²) in [5.41, 5.74) is -0.752. The number of carbonyl (C=O) groups excluding carboxylic acids is 3. The number of amides is 2. The highest BCUT2D eigenvalue weighted by atomic mass is 17.3. The van der Waals surface area contributed by atoms with Crippen LogP contribution >= 0.6 is 0 Å². The van der Waals surface area contributed by atoms with E-state index in [2.05, 4.69) is 17.6 Å². The zero-order valence-corrected chi connectivity index (χ0v) is 23.6. The molecule has 1 aliphatic carbocycles. The molecule has 40 heavy (non-hydrogen) atoms. The van der Waals surface area contributed by atoms with Gasteiger partial charge in [-0.3, -0.25) is 14.4 Å². The minimum absolute atomic E-state index is 0.0137. The van der Waals surface area contributed by atoms with Gasteiger partial charge in [-0.15, -0.1) is 0 Å². The van der Waals surface area contributed by atoms with Gasteiger partial charge in [0.2, 0.25) is 23.9 Å². The third-order valence-electron chi connectivity index (χ3n) is 8.87. The summed E-state index contributed by atoms with van der Waals surface area (Å²) in [5, 5.41) is 23.3. The van der Waals surface area contributed by atoms with E-state index in [1.807, 2.05) is 13.8 Å². The van der Waals surface area contributed by atoms with Gasteiger partial charge >= 0.3 is 11.9 Å². The van der Waals surface area contributed by atoms with Crippen molar-refractivity contribution in [3.8, 4) is 0 Å². The van der Waals surface area contributed by atoms with E-state index < -0.39 is 54.0 Å². The highest BCUT2D eigenvalue weighted by Crippen LogP contribution is 2.60. The normalized spacial score (nSPS) is 37.8. The van der Waals surface area contributed by atoms with Gasteiger partial charge in [-0.1, -0.05) is 13.8 Å². The molecule has 2 bridgehead atoms. The van der Waals surface area contributed by atoms with E-state index in [0.717, 1.165) is 19.3 Å². The number of hydrogen-bond acceptors (Lipinski definition) is 10. The molecule has 1 saturated carbocycles. The van der Waals surface area contributed by atoms with Gasteiger partial charge in [-0.05, 0) is 51.4 Å². The molecule has 0 aromatic rings. The van der Waals surface area contributed by atoms with Crippen LogP contribution in [0.25, 0.3) is 0 Å². The number of nitrogens with one attached hydrogen (secondary N) is 2. The smallest absolute Gasteiger partial charge is 0.328 e. The molecular formula is C27H42N2O11. The molecule has 0 aromatic heterocycles. The van der Waals surface area contributed by atoms with Crippen LogP contribution in [0.2, 0.25) is 0 Å². The number of aliphatic hydroxyl groups is 1. The maximum atomic E-state index is 12.7. The van der Waals surface area contributed by atoms with Crippen molar-refractivity contribution in [2.45, 2.75) is 115 Å². The maximum Gasteiger partial charge on any atom is 0.328 e. The van der Waals surface area contributed by atoms with Crippen molar-refractivity contribution in [1.29, 1.82) is 0 Å².